The minimum atomic E-state index is -4.51. The molecular weight excluding hydrogens is 432 g/mol. The lowest BCUT2D eigenvalue weighted by Gasteiger charge is -2.29. The molecule has 0 aliphatic rings. The van der Waals surface area contributed by atoms with Gasteiger partial charge in [0.25, 0.3) is 0 Å². The van der Waals surface area contributed by atoms with Gasteiger partial charge in [0.15, 0.2) is 0 Å². The molecular formula is C27H28F4O2. The maximum absolute atomic E-state index is 13.1. The van der Waals surface area contributed by atoms with Gasteiger partial charge in [0.2, 0.25) is 0 Å². The average molecular weight is 461 g/mol. The number of para-hydroxylation sites is 1. The van der Waals surface area contributed by atoms with Crippen LogP contribution < -0.4 is 9.47 Å². The summed E-state index contributed by atoms with van der Waals surface area (Å²) in [6, 6.07) is 23.6. The van der Waals surface area contributed by atoms with Crippen molar-refractivity contribution >= 4 is 0 Å². The molecule has 33 heavy (non-hydrogen) atoms. The zero-order chi connectivity index (χ0) is 23.9. The number of rotatable bonds is 11. The topological polar surface area (TPSA) is 18.5 Å². The van der Waals surface area contributed by atoms with Gasteiger partial charge in [-0.15, -0.1) is 0 Å². The van der Waals surface area contributed by atoms with Gasteiger partial charge < -0.3 is 9.47 Å². The van der Waals surface area contributed by atoms with E-state index in [-0.39, 0.29) is 11.2 Å². The Morgan fingerprint density at radius 3 is 2.12 bits per heavy atom. The molecule has 0 amide bonds. The van der Waals surface area contributed by atoms with Gasteiger partial charge in [-0.05, 0) is 78.6 Å². The molecule has 0 aromatic heterocycles. The second-order valence-electron chi connectivity index (χ2n) is 8.32. The van der Waals surface area contributed by atoms with Crippen LogP contribution in [0.25, 0.3) is 0 Å². The Balaban J connectivity index is 1.60. The van der Waals surface area contributed by atoms with Crippen LogP contribution in [0.3, 0.4) is 0 Å². The molecule has 0 saturated carbocycles. The van der Waals surface area contributed by atoms with E-state index in [2.05, 4.69) is 24.7 Å². The predicted octanol–water partition coefficient (Wildman–Crippen LogP) is 8.41. The van der Waals surface area contributed by atoms with E-state index >= 15 is 0 Å². The van der Waals surface area contributed by atoms with Gasteiger partial charge in [-0.3, -0.25) is 0 Å². The SMILES string of the molecule is CCC(C)(CCCc1cccc(Oc2ccccc2)c1)c1ccc(OC(F)(F)C(F)F)cc1. The smallest absolute Gasteiger partial charge is 0.457 e. The summed E-state index contributed by atoms with van der Waals surface area (Å²) in [5, 5.41) is 0. The largest absolute Gasteiger partial charge is 0.461 e. The number of hydrogen-bond acceptors (Lipinski definition) is 2. The van der Waals surface area contributed by atoms with Gasteiger partial charge in [0, 0.05) is 0 Å². The van der Waals surface area contributed by atoms with Crippen molar-refractivity contribution in [3.63, 3.8) is 0 Å². The molecule has 0 spiro atoms. The summed E-state index contributed by atoms with van der Waals surface area (Å²) in [4.78, 5) is 0. The third-order valence-corrected chi connectivity index (χ3v) is 5.91. The highest BCUT2D eigenvalue weighted by Crippen LogP contribution is 2.35. The maximum Gasteiger partial charge on any atom is 0.461 e. The zero-order valence-electron chi connectivity index (χ0n) is 18.7. The minimum Gasteiger partial charge on any atom is -0.457 e. The fraction of sp³-hybridized carbons (Fsp3) is 0.333. The zero-order valence-corrected chi connectivity index (χ0v) is 18.7. The molecule has 176 valence electrons. The van der Waals surface area contributed by atoms with E-state index in [0.29, 0.717) is 0 Å². The van der Waals surface area contributed by atoms with E-state index in [1.165, 1.54) is 17.7 Å². The van der Waals surface area contributed by atoms with Crippen LogP contribution in [-0.4, -0.2) is 12.5 Å². The molecule has 1 unspecified atom stereocenters. The molecule has 0 aliphatic heterocycles. The first kappa shape index (κ1) is 24.6. The van der Waals surface area contributed by atoms with E-state index in [0.717, 1.165) is 42.7 Å². The molecule has 3 rings (SSSR count). The van der Waals surface area contributed by atoms with Crippen molar-refractivity contribution in [1.82, 2.24) is 0 Å². The van der Waals surface area contributed by atoms with Crippen molar-refractivity contribution in [3.8, 4) is 17.2 Å². The minimum absolute atomic E-state index is 0.179. The first-order chi connectivity index (χ1) is 15.7. The molecule has 2 nitrogen and oxygen atoms in total. The summed E-state index contributed by atoms with van der Waals surface area (Å²) in [6.45, 7) is 4.19. The van der Waals surface area contributed by atoms with Crippen LogP contribution in [0.5, 0.6) is 17.2 Å². The van der Waals surface area contributed by atoms with Crippen LogP contribution >= 0.6 is 0 Å². The van der Waals surface area contributed by atoms with Gasteiger partial charge in [-0.2, -0.15) is 17.6 Å². The molecule has 6 heteroatoms. The fourth-order valence-electron chi connectivity index (χ4n) is 3.72. The molecule has 0 heterocycles. The lowest BCUT2D eigenvalue weighted by atomic mass is 9.76. The van der Waals surface area contributed by atoms with E-state index < -0.39 is 12.5 Å². The van der Waals surface area contributed by atoms with Crippen molar-refractivity contribution in [1.29, 1.82) is 0 Å². The van der Waals surface area contributed by atoms with Gasteiger partial charge in [-0.1, -0.05) is 56.3 Å². The molecule has 3 aromatic rings. The number of aryl methyl sites for hydroxylation is 1. The highest BCUT2D eigenvalue weighted by atomic mass is 19.3. The molecule has 3 aromatic carbocycles. The number of benzene rings is 3. The first-order valence-electron chi connectivity index (χ1n) is 11.0. The molecule has 0 bridgehead atoms. The fourth-order valence-corrected chi connectivity index (χ4v) is 3.72. The van der Waals surface area contributed by atoms with E-state index in [4.69, 9.17) is 4.74 Å². The van der Waals surface area contributed by atoms with Crippen LogP contribution in [0.2, 0.25) is 0 Å². The van der Waals surface area contributed by atoms with Crippen LogP contribution in [0.1, 0.15) is 44.2 Å². The molecule has 0 N–H and O–H groups in total. The molecule has 0 radical (unpaired) electrons. The summed E-state index contributed by atoms with van der Waals surface area (Å²) in [6.07, 6.45) is -4.88. The normalized spacial score (nSPS) is 13.5. The van der Waals surface area contributed by atoms with Crippen LogP contribution in [0, 0.1) is 0 Å². The Hall–Kier alpha value is -3.02. The Morgan fingerprint density at radius 1 is 0.818 bits per heavy atom. The monoisotopic (exact) mass is 460 g/mol. The van der Waals surface area contributed by atoms with E-state index in [1.807, 2.05) is 48.5 Å². The summed E-state index contributed by atoms with van der Waals surface area (Å²) >= 11 is 0. The second kappa shape index (κ2) is 10.7. The van der Waals surface area contributed by atoms with Crippen LogP contribution in [0.4, 0.5) is 17.6 Å². The lowest BCUT2D eigenvalue weighted by molar-refractivity contribution is -0.253. The highest BCUT2D eigenvalue weighted by molar-refractivity contribution is 5.34. The van der Waals surface area contributed by atoms with Crippen molar-refractivity contribution in [2.75, 3.05) is 0 Å². The second-order valence-corrected chi connectivity index (χ2v) is 8.32. The standard InChI is InChI=1S/C27H28F4O2/c1-3-26(2,21-14-16-23(17-15-21)33-27(30,31)25(28)29)18-8-10-20-9-7-13-24(19-20)32-22-11-5-4-6-12-22/h4-7,9,11-17,19,25H,3,8,10,18H2,1-2H3. The summed E-state index contributed by atoms with van der Waals surface area (Å²) in [5.41, 5.74) is 1.95. The quantitative estimate of drug-likeness (QED) is 0.268. The van der Waals surface area contributed by atoms with E-state index in [1.54, 1.807) is 12.1 Å². The predicted molar refractivity (Wildman–Crippen MR) is 122 cm³/mol. The Labute approximate surface area is 192 Å². The van der Waals surface area contributed by atoms with Gasteiger partial charge >= 0.3 is 12.5 Å². The summed E-state index contributed by atoms with van der Waals surface area (Å²) < 4.78 is 61.0. The van der Waals surface area contributed by atoms with E-state index in [9.17, 15) is 17.6 Å². The Bertz CT molecular complexity index is 1010. The lowest BCUT2D eigenvalue weighted by Crippen LogP contribution is -2.33. The summed E-state index contributed by atoms with van der Waals surface area (Å²) in [5.74, 6) is 1.29. The average Bonchev–Trinajstić information content (AvgIpc) is 2.80. The van der Waals surface area contributed by atoms with Gasteiger partial charge in [0.05, 0.1) is 0 Å². The third-order valence-electron chi connectivity index (χ3n) is 5.91. The molecule has 0 fully saturated rings. The van der Waals surface area contributed by atoms with Crippen LogP contribution in [0.15, 0.2) is 78.9 Å². The van der Waals surface area contributed by atoms with Crippen molar-refractivity contribution < 1.29 is 27.0 Å². The molecule has 0 saturated heterocycles. The Kier molecular flexibility index (Phi) is 8.01. The summed E-state index contributed by atoms with van der Waals surface area (Å²) in [7, 11) is 0. The van der Waals surface area contributed by atoms with Crippen molar-refractivity contribution in [2.24, 2.45) is 0 Å². The first-order valence-corrected chi connectivity index (χ1v) is 11.0. The number of hydrogen-bond donors (Lipinski definition) is 0. The van der Waals surface area contributed by atoms with Crippen LogP contribution in [-0.2, 0) is 11.8 Å². The van der Waals surface area contributed by atoms with Crippen molar-refractivity contribution in [3.05, 3.63) is 90.0 Å². The number of halogens is 4. The third kappa shape index (κ3) is 6.73. The molecule has 1 atom stereocenters. The Morgan fingerprint density at radius 2 is 1.48 bits per heavy atom. The number of alkyl halides is 4. The molecule has 0 aliphatic carbocycles. The highest BCUT2D eigenvalue weighted by Gasteiger charge is 2.44. The van der Waals surface area contributed by atoms with Gasteiger partial charge in [0.1, 0.15) is 17.2 Å². The number of ether oxygens (including phenoxy) is 2. The van der Waals surface area contributed by atoms with Crippen molar-refractivity contribution in [2.45, 2.75) is 57.5 Å². The van der Waals surface area contributed by atoms with Gasteiger partial charge in [-0.25, -0.2) is 0 Å². The maximum atomic E-state index is 13.1.